The molecule has 4 rings (SSSR count). The Morgan fingerprint density at radius 2 is 1.62 bits per heavy atom. The van der Waals surface area contributed by atoms with Crippen LogP contribution >= 0.6 is 0 Å². The van der Waals surface area contributed by atoms with E-state index in [1.807, 2.05) is 36.4 Å². The monoisotopic (exact) mass is 500 g/mol. The fourth-order valence-electron chi connectivity index (χ4n) is 4.10. The van der Waals surface area contributed by atoms with Gasteiger partial charge in [-0.05, 0) is 37.1 Å². The molecule has 3 aromatic carbocycles. The Balaban J connectivity index is 1.80. The highest BCUT2D eigenvalue weighted by Crippen LogP contribution is 2.37. The maximum absolute atomic E-state index is 13.8. The fourth-order valence-corrected chi connectivity index (χ4v) is 4.10. The minimum absolute atomic E-state index is 0.229. The van der Waals surface area contributed by atoms with E-state index in [4.69, 9.17) is 14.2 Å². The Bertz CT molecular complexity index is 1320. The first-order valence-electron chi connectivity index (χ1n) is 11.9. The summed E-state index contributed by atoms with van der Waals surface area (Å²) < 4.78 is 16.3. The van der Waals surface area contributed by atoms with Crippen LogP contribution in [0.3, 0.4) is 0 Å². The van der Waals surface area contributed by atoms with Gasteiger partial charge in [-0.1, -0.05) is 66.7 Å². The van der Waals surface area contributed by atoms with Crippen LogP contribution in [0.25, 0.3) is 5.70 Å². The van der Waals surface area contributed by atoms with E-state index < -0.39 is 24.1 Å². The van der Waals surface area contributed by atoms with Gasteiger partial charge in [-0.15, -0.1) is 0 Å². The summed E-state index contributed by atoms with van der Waals surface area (Å²) in [7, 11) is 1.48. The molecule has 0 saturated heterocycles. The molecule has 2 unspecified atom stereocenters. The SMILES string of the molecule is CCOC(=O)C(C)Oc1ccc(C2NC(=O)NC(c3ccccc3)=C2C(=O)c2ccccc2)cc1OC. The number of Topliss-reactive ketones (excluding diaryl/α,β-unsaturated/α-hetero) is 1. The van der Waals surface area contributed by atoms with E-state index in [1.54, 1.807) is 56.3 Å². The number of ketones is 1. The number of esters is 1. The molecule has 3 aromatic rings. The van der Waals surface area contributed by atoms with Gasteiger partial charge in [-0.3, -0.25) is 4.79 Å². The first kappa shape index (κ1) is 25.5. The summed E-state index contributed by atoms with van der Waals surface area (Å²) in [6.45, 7) is 3.55. The molecule has 0 radical (unpaired) electrons. The Morgan fingerprint density at radius 3 is 2.27 bits per heavy atom. The van der Waals surface area contributed by atoms with E-state index in [0.717, 1.165) is 0 Å². The quantitative estimate of drug-likeness (QED) is 0.327. The Hall–Kier alpha value is -4.59. The normalized spacial score (nSPS) is 15.8. The molecule has 0 aromatic heterocycles. The number of benzene rings is 3. The molecular weight excluding hydrogens is 472 g/mol. The van der Waals surface area contributed by atoms with Gasteiger partial charge in [0, 0.05) is 5.56 Å². The van der Waals surface area contributed by atoms with Crippen molar-refractivity contribution < 1.29 is 28.6 Å². The molecule has 0 bridgehead atoms. The zero-order valence-electron chi connectivity index (χ0n) is 20.8. The van der Waals surface area contributed by atoms with Gasteiger partial charge >= 0.3 is 12.0 Å². The zero-order chi connectivity index (χ0) is 26.4. The number of rotatable bonds is 9. The van der Waals surface area contributed by atoms with Crippen LogP contribution in [0.5, 0.6) is 11.5 Å². The molecule has 0 fully saturated rings. The van der Waals surface area contributed by atoms with E-state index >= 15 is 0 Å². The van der Waals surface area contributed by atoms with Crippen molar-refractivity contribution in [3.05, 3.63) is 101 Å². The first-order valence-corrected chi connectivity index (χ1v) is 11.9. The lowest BCUT2D eigenvalue weighted by Gasteiger charge is -2.30. The second kappa shape index (κ2) is 11.4. The topological polar surface area (TPSA) is 103 Å². The van der Waals surface area contributed by atoms with Gasteiger partial charge in [0.05, 0.1) is 31.0 Å². The second-order valence-electron chi connectivity index (χ2n) is 8.30. The highest BCUT2D eigenvalue weighted by molar-refractivity contribution is 6.16. The summed E-state index contributed by atoms with van der Waals surface area (Å²) >= 11 is 0. The Labute approximate surface area is 215 Å². The molecule has 1 heterocycles. The second-order valence-corrected chi connectivity index (χ2v) is 8.30. The van der Waals surface area contributed by atoms with Crippen LogP contribution in [-0.4, -0.2) is 37.6 Å². The maximum Gasteiger partial charge on any atom is 0.347 e. The molecule has 37 heavy (non-hydrogen) atoms. The van der Waals surface area contributed by atoms with Crippen molar-refractivity contribution in [1.29, 1.82) is 0 Å². The van der Waals surface area contributed by atoms with Crippen LogP contribution in [-0.2, 0) is 9.53 Å². The molecule has 0 saturated carbocycles. The lowest BCUT2D eigenvalue weighted by Crippen LogP contribution is -2.45. The van der Waals surface area contributed by atoms with Crippen LogP contribution in [0.4, 0.5) is 4.79 Å². The van der Waals surface area contributed by atoms with Crippen molar-refractivity contribution in [2.45, 2.75) is 26.0 Å². The highest BCUT2D eigenvalue weighted by atomic mass is 16.6. The largest absolute Gasteiger partial charge is 0.493 e. The van der Waals surface area contributed by atoms with Gasteiger partial charge in [0.1, 0.15) is 0 Å². The third-order valence-electron chi connectivity index (χ3n) is 5.86. The molecule has 1 aliphatic rings. The standard InChI is InChI=1S/C29H28N2O6/c1-4-36-28(33)18(2)37-22-16-15-21(17-23(22)35-3)26-24(27(32)20-13-9-6-10-14-20)25(30-29(34)31-26)19-11-7-5-8-12-19/h5-18,26H,4H2,1-3H3,(H2,30,31,34). The number of carbonyl (C=O) groups is 3. The van der Waals surface area contributed by atoms with Crippen LogP contribution < -0.4 is 20.1 Å². The Morgan fingerprint density at radius 1 is 0.946 bits per heavy atom. The summed E-state index contributed by atoms with van der Waals surface area (Å²) in [5.41, 5.74) is 2.61. The van der Waals surface area contributed by atoms with Crippen molar-refractivity contribution in [1.82, 2.24) is 10.6 Å². The number of ether oxygens (including phenoxy) is 3. The summed E-state index contributed by atoms with van der Waals surface area (Å²) in [5.74, 6) is -0.0536. The summed E-state index contributed by atoms with van der Waals surface area (Å²) in [6.07, 6.45) is -0.849. The van der Waals surface area contributed by atoms with Crippen molar-refractivity contribution in [3.63, 3.8) is 0 Å². The smallest absolute Gasteiger partial charge is 0.347 e. The molecule has 0 aliphatic carbocycles. The fraction of sp³-hybridized carbons (Fsp3) is 0.207. The molecule has 2 N–H and O–H groups in total. The average Bonchev–Trinajstić information content (AvgIpc) is 2.93. The average molecular weight is 501 g/mol. The molecule has 8 heteroatoms. The van der Waals surface area contributed by atoms with E-state index in [-0.39, 0.29) is 12.4 Å². The number of nitrogens with one attached hydrogen (secondary N) is 2. The van der Waals surface area contributed by atoms with E-state index in [0.29, 0.717) is 39.5 Å². The van der Waals surface area contributed by atoms with Gasteiger partial charge in [-0.25, -0.2) is 9.59 Å². The molecule has 2 amide bonds. The Kier molecular flexibility index (Phi) is 7.88. The van der Waals surface area contributed by atoms with Crippen LogP contribution in [0, 0.1) is 0 Å². The predicted octanol–water partition coefficient (Wildman–Crippen LogP) is 4.67. The van der Waals surface area contributed by atoms with E-state index in [9.17, 15) is 14.4 Å². The minimum atomic E-state index is -0.849. The number of methoxy groups -OCH3 is 1. The molecule has 190 valence electrons. The van der Waals surface area contributed by atoms with Gasteiger partial charge in [0.25, 0.3) is 0 Å². The van der Waals surface area contributed by atoms with Gasteiger partial charge in [0.15, 0.2) is 23.4 Å². The molecule has 2 atom stereocenters. The van der Waals surface area contributed by atoms with E-state index in [2.05, 4.69) is 10.6 Å². The lowest BCUT2D eigenvalue weighted by molar-refractivity contribution is -0.150. The number of amides is 2. The number of hydrogen-bond acceptors (Lipinski definition) is 6. The lowest BCUT2D eigenvalue weighted by atomic mass is 9.87. The van der Waals surface area contributed by atoms with Crippen molar-refractivity contribution in [2.24, 2.45) is 0 Å². The molecule has 0 spiro atoms. The summed E-state index contributed by atoms with van der Waals surface area (Å²) in [4.78, 5) is 38.6. The van der Waals surface area contributed by atoms with Crippen molar-refractivity contribution in [3.8, 4) is 11.5 Å². The van der Waals surface area contributed by atoms with Crippen LogP contribution in [0.2, 0.25) is 0 Å². The number of carbonyl (C=O) groups excluding carboxylic acids is 3. The van der Waals surface area contributed by atoms with Crippen LogP contribution in [0.15, 0.2) is 84.4 Å². The first-order chi connectivity index (χ1) is 17.9. The van der Waals surface area contributed by atoms with Gasteiger partial charge < -0.3 is 24.8 Å². The van der Waals surface area contributed by atoms with Crippen LogP contribution in [0.1, 0.15) is 41.4 Å². The van der Waals surface area contributed by atoms with Gasteiger partial charge in [-0.2, -0.15) is 0 Å². The minimum Gasteiger partial charge on any atom is -0.493 e. The molecule has 1 aliphatic heterocycles. The third kappa shape index (κ3) is 5.64. The summed E-state index contributed by atoms with van der Waals surface area (Å²) in [5, 5.41) is 5.71. The van der Waals surface area contributed by atoms with Crippen molar-refractivity contribution in [2.75, 3.05) is 13.7 Å². The predicted molar refractivity (Wildman–Crippen MR) is 138 cm³/mol. The maximum atomic E-state index is 13.8. The van der Waals surface area contributed by atoms with Gasteiger partial charge in [0.2, 0.25) is 0 Å². The van der Waals surface area contributed by atoms with E-state index in [1.165, 1.54) is 7.11 Å². The zero-order valence-corrected chi connectivity index (χ0v) is 20.8. The number of urea groups is 1. The molecule has 8 nitrogen and oxygen atoms in total. The highest BCUT2D eigenvalue weighted by Gasteiger charge is 2.34. The third-order valence-corrected chi connectivity index (χ3v) is 5.86. The summed E-state index contributed by atoms with van der Waals surface area (Å²) in [6, 6.07) is 22.0. The van der Waals surface area contributed by atoms with Crippen molar-refractivity contribution >= 4 is 23.5 Å². The molecular formula is C29H28N2O6. The number of hydrogen-bond donors (Lipinski definition) is 2.